The van der Waals surface area contributed by atoms with Crippen molar-refractivity contribution in [2.45, 2.75) is 12.5 Å². The third-order valence-corrected chi connectivity index (χ3v) is 5.91. The summed E-state index contributed by atoms with van der Waals surface area (Å²) in [5, 5.41) is 8.87. The number of rotatable bonds is 9. The minimum Gasteiger partial charge on any atom is -0.469 e. The average Bonchev–Trinajstić information content (AvgIpc) is 3.46. The van der Waals surface area contributed by atoms with Gasteiger partial charge in [-0.3, -0.25) is 9.69 Å². The number of amides is 1. The molecule has 2 aromatic heterocycles. The fourth-order valence-corrected chi connectivity index (χ4v) is 4.06. The fraction of sp³-hybridized carbons (Fsp3) is 0.524. The van der Waals surface area contributed by atoms with E-state index in [0.717, 1.165) is 38.5 Å². The van der Waals surface area contributed by atoms with Crippen LogP contribution in [0.1, 0.15) is 16.7 Å². The predicted octanol–water partition coefficient (Wildman–Crippen LogP) is 2.20. The van der Waals surface area contributed by atoms with E-state index in [1.807, 2.05) is 12.1 Å². The lowest BCUT2D eigenvalue weighted by molar-refractivity contribution is -0.127. The Kier molecular flexibility index (Phi) is 11.3. The Hall–Kier alpha value is -1.63. The summed E-state index contributed by atoms with van der Waals surface area (Å²) in [6.45, 7) is 4.77. The number of carbonyl (C=O) groups excluding carboxylic acids is 1. The average molecular weight is 561 g/mol. The Labute approximate surface area is 205 Å². The normalized spacial score (nSPS) is 15.7. The van der Waals surface area contributed by atoms with Gasteiger partial charge in [-0.25, -0.2) is 4.99 Å². The van der Waals surface area contributed by atoms with Gasteiger partial charge >= 0.3 is 0 Å². The largest absolute Gasteiger partial charge is 0.469 e. The zero-order valence-electron chi connectivity index (χ0n) is 18.1. The molecule has 1 aliphatic rings. The quantitative estimate of drug-likeness (QED) is 0.278. The number of likely N-dealkylation sites (N-methyl/N-ethyl adjacent to an activating group) is 1. The van der Waals surface area contributed by atoms with Crippen molar-refractivity contribution < 1.29 is 13.9 Å². The molecule has 1 aliphatic heterocycles. The van der Waals surface area contributed by atoms with Gasteiger partial charge in [-0.15, -0.1) is 35.3 Å². The third-order valence-electron chi connectivity index (χ3n) is 4.94. The summed E-state index contributed by atoms with van der Waals surface area (Å²) in [5.41, 5.74) is 0. The van der Waals surface area contributed by atoms with Crippen LogP contribution in [0.3, 0.4) is 0 Å². The van der Waals surface area contributed by atoms with Crippen LogP contribution in [0, 0.1) is 0 Å². The Balaban J connectivity index is 0.00000341. The molecule has 0 aliphatic carbocycles. The summed E-state index contributed by atoms with van der Waals surface area (Å²) in [7, 11) is 3.47. The molecule has 1 fully saturated rings. The maximum Gasteiger partial charge on any atom is 0.243 e. The number of thiophene rings is 1. The number of carbonyl (C=O) groups is 1. The summed E-state index contributed by atoms with van der Waals surface area (Å²) in [6, 6.07) is 8.32. The molecule has 2 N–H and O–H groups in total. The molecule has 1 atom stereocenters. The molecule has 1 saturated heterocycles. The topological polar surface area (TPSA) is 82.3 Å². The van der Waals surface area contributed by atoms with Gasteiger partial charge in [0.2, 0.25) is 5.91 Å². The minimum absolute atomic E-state index is 0. The van der Waals surface area contributed by atoms with E-state index in [9.17, 15) is 4.79 Å². The number of hydrogen-bond acceptors (Lipinski definition) is 6. The maximum absolute atomic E-state index is 12.0. The SMILES string of the molecule is CN(C)C(=O)CN=C(NCCc1ccco1)NCC(c1cccs1)N1CCOCC1.I. The van der Waals surface area contributed by atoms with Crippen molar-refractivity contribution in [1.82, 2.24) is 20.4 Å². The molecule has 10 heteroatoms. The lowest BCUT2D eigenvalue weighted by atomic mass is 10.2. The van der Waals surface area contributed by atoms with Crippen LogP contribution >= 0.6 is 35.3 Å². The first-order chi connectivity index (χ1) is 14.6. The van der Waals surface area contributed by atoms with E-state index in [1.165, 1.54) is 4.88 Å². The summed E-state index contributed by atoms with van der Waals surface area (Å²) >= 11 is 1.76. The van der Waals surface area contributed by atoms with E-state index in [0.29, 0.717) is 19.0 Å². The van der Waals surface area contributed by atoms with Crippen LogP contribution in [0.5, 0.6) is 0 Å². The highest BCUT2D eigenvalue weighted by molar-refractivity contribution is 14.0. The second-order valence-corrected chi connectivity index (χ2v) is 8.25. The summed E-state index contributed by atoms with van der Waals surface area (Å²) in [6.07, 6.45) is 2.42. The van der Waals surface area contributed by atoms with Crippen LogP contribution in [0.2, 0.25) is 0 Å². The molecule has 3 heterocycles. The van der Waals surface area contributed by atoms with Gasteiger partial charge in [0.15, 0.2) is 5.96 Å². The first kappa shape index (κ1) is 25.6. The maximum atomic E-state index is 12.0. The number of hydrogen-bond donors (Lipinski definition) is 2. The van der Waals surface area contributed by atoms with Crippen LogP contribution in [0.25, 0.3) is 0 Å². The van der Waals surface area contributed by atoms with Gasteiger partial charge in [0, 0.05) is 51.6 Å². The number of ether oxygens (including phenoxy) is 1. The Morgan fingerprint density at radius 2 is 2.06 bits per heavy atom. The van der Waals surface area contributed by atoms with E-state index < -0.39 is 0 Å². The molecule has 3 rings (SSSR count). The number of guanidine groups is 1. The molecule has 0 saturated carbocycles. The fourth-order valence-electron chi connectivity index (χ4n) is 3.19. The minimum atomic E-state index is -0.0369. The molecule has 2 aromatic rings. The number of aliphatic imine (C=N–C) groups is 1. The van der Waals surface area contributed by atoms with Crippen molar-refractivity contribution >= 4 is 47.2 Å². The Bertz CT molecular complexity index is 777. The molecule has 0 aromatic carbocycles. The first-order valence-corrected chi connectivity index (χ1v) is 11.1. The molecule has 1 unspecified atom stereocenters. The molecular weight excluding hydrogens is 529 g/mol. The molecule has 0 bridgehead atoms. The van der Waals surface area contributed by atoms with Crippen LogP contribution in [0.15, 0.2) is 45.3 Å². The number of halogens is 1. The lowest BCUT2D eigenvalue weighted by Gasteiger charge is -2.34. The first-order valence-electron chi connectivity index (χ1n) is 10.2. The van der Waals surface area contributed by atoms with Crippen molar-refractivity contribution in [2.24, 2.45) is 4.99 Å². The second-order valence-electron chi connectivity index (χ2n) is 7.27. The highest BCUT2D eigenvalue weighted by Gasteiger charge is 2.23. The van der Waals surface area contributed by atoms with Crippen molar-refractivity contribution in [1.29, 1.82) is 0 Å². The monoisotopic (exact) mass is 561 g/mol. The van der Waals surface area contributed by atoms with Crippen molar-refractivity contribution in [3.63, 3.8) is 0 Å². The Morgan fingerprint density at radius 3 is 2.71 bits per heavy atom. The van der Waals surface area contributed by atoms with E-state index >= 15 is 0 Å². The van der Waals surface area contributed by atoms with E-state index in [-0.39, 0.29) is 42.5 Å². The van der Waals surface area contributed by atoms with Crippen molar-refractivity contribution in [3.8, 4) is 0 Å². The van der Waals surface area contributed by atoms with Gasteiger partial charge in [0.05, 0.1) is 25.5 Å². The van der Waals surface area contributed by atoms with Gasteiger partial charge in [-0.2, -0.15) is 0 Å². The van der Waals surface area contributed by atoms with Gasteiger partial charge < -0.3 is 24.7 Å². The van der Waals surface area contributed by atoms with Crippen LogP contribution in [-0.4, -0.2) is 81.7 Å². The molecule has 172 valence electrons. The molecule has 0 radical (unpaired) electrons. The van der Waals surface area contributed by atoms with Crippen molar-refractivity contribution in [2.75, 3.05) is 60.0 Å². The van der Waals surface area contributed by atoms with Gasteiger partial charge in [-0.1, -0.05) is 6.07 Å². The van der Waals surface area contributed by atoms with Crippen molar-refractivity contribution in [3.05, 3.63) is 46.5 Å². The molecule has 1 amide bonds. The van der Waals surface area contributed by atoms with E-state index in [4.69, 9.17) is 9.15 Å². The van der Waals surface area contributed by atoms with Gasteiger partial charge in [0.1, 0.15) is 12.3 Å². The highest BCUT2D eigenvalue weighted by atomic mass is 127. The molecular formula is C21H32IN5O3S. The zero-order valence-corrected chi connectivity index (χ0v) is 21.2. The van der Waals surface area contributed by atoms with Crippen LogP contribution in [-0.2, 0) is 16.0 Å². The Morgan fingerprint density at radius 1 is 1.26 bits per heavy atom. The lowest BCUT2D eigenvalue weighted by Crippen LogP contribution is -2.46. The summed E-state index contributed by atoms with van der Waals surface area (Å²) < 4.78 is 10.9. The van der Waals surface area contributed by atoms with E-state index in [1.54, 1.807) is 36.6 Å². The van der Waals surface area contributed by atoms with E-state index in [2.05, 4.69) is 38.0 Å². The van der Waals surface area contributed by atoms with Crippen LogP contribution in [0.4, 0.5) is 0 Å². The molecule has 8 nitrogen and oxygen atoms in total. The number of morpholine rings is 1. The number of furan rings is 1. The van der Waals surface area contributed by atoms with Gasteiger partial charge in [0.25, 0.3) is 0 Å². The summed E-state index contributed by atoms with van der Waals surface area (Å²) in [5.74, 6) is 1.51. The highest BCUT2D eigenvalue weighted by Crippen LogP contribution is 2.25. The second kappa shape index (κ2) is 13.7. The molecule has 31 heavy (non-hydrogen) atoms. The summed E-state index contributed by atoms with van der Waals surface area (Å²) in [4.78, 5) is 21.8. The van der Waals surface area contributed by atoms with Crippen LogP contribution < -0.4 is 10.6 Å². The smallest absolute Gasteiger partial charge is 0.243 e. The standard InChI is InChI=1S/C21H31N5O3S.HI/c1-25(2)20(27)16-24-21(22-8-7-17-5-3-11-29-17)23-15-18(19-6-4-14-30-19)26-9-12-28-13-10-26;/h3-6,11,14,18H,7-10,12-13,15-16H2,1-2H3,(H2,22,23,24);1H. The van der Waals surface area contributed by atoms with Gasteiger partial charge in [-0.05, 0) is 23.6 Å². The third kappa shape index (κ3) is 8.43. The molecule has 0 spiro atoms. The zero-order chi connectivity index (χ0) is 21.2. The number of nitrogens with zero attached hydrogens (tertiary/aromatic N) is 3. The number of nitrogens with one attached hydrogen (secondary N) is 2. The predicted molar refractivity (Wildman–Crippen MR) is 134 cm³/mol.